The van der Waals surface area contributed by atoms with Crippen LogP contribution in [0.15, 0.2) is 48.7 Å². The third kappa shape index (κ3) is 2.50. The van der Waals surface area contributed by atoms with E-state index in [2.05, 4.69) is 4.98 Å². The first kappa shape index (κ1) is 11.3. The summed E-state index contributed by atoms with van der Waals surface area (Å²) in [5.41, 5.74) is 1.30. The minimum atomic E-state index is 0.00315. The lowest BCUT2D eigenvalue weighted by atomic mass is 10.1. The van der Waals surface area contributed by atoms with Crippen LogP contribution in [0.2, 0.25) is 0 Å². The van der Waals surface area contributed by atoms with Gasteiger partial charge in [-0.1, -0.05) is 30.3 Å². The largest absolute Gasteiger partial charge is 0.363 e. The molecule has 0 aliphatic rings. The van der Waals surface area contributed by atoms with E-state index in [0.29, 0.717) is 11.1 Å². The Morgan fingerprint density at radius 1 is 1.00 bits per heavy atom. The summed E-state index contributed by atoms with van der Waals surface area (Å²) < 4.78 is 0. The van der Waals surface area contributed by atoms with Crippen molar-refractivity contribution in [1.29, 1.82) is 0 Å². The lowest BCUT2D eigenvalue weighted by Crippen LogP contribution is -2.11. The minimum Gasteiger partial charge on any atom is -0.363 e. The van der Waals surface area contributed by atoms with Crippen LogP contribution in [-0.2, 0) is 0 Å². The molecule has 0 aliphatic heterocycles. The number of anilines is 1. The quantitative estimate of drug-likeness (QED) is 0.753. The second kappa shape index (κ2) is 4.78. The zero-order valence-electron chi connectivity index (χ0n) is 9.92. The van der Waals surface area contributed by atoms with Gasteiger partial charge in [-0.3, -0.25) is 4.79 Å². The smallest absolute Gasteiger partial charge is 0.194 e. The van der Waals surface area contributed by atoms with Crippen molar-refractivity contribution >= 4 is 11.6 Å². The highest BCUT2D eigenvalue weighted by molar-refractivity contribution is 6.08. The Balaban J connectivity index is 2.27. The molecular formula is C14H14N2O. The first-order valence-corrected chi connectivity index (χ1v) is 5.41. The van der Waals surface area contributed by atoms with Gasteiger partial charge in [-0.15, -0.1) is 0 Å². The van der Waals surface area contributed by atoms with Gasteiger partial charge in [0.15, 0.2) is 5.78 Å². The second-order valence-corrected chi connectivity index (χ2v) is 3.99. The first-order valence-electron chi connectivity index (χ1n) is 5.41. The standard InChI is InChI=1S/C14H14N2O/c1-16(2)13-9-8-12(10-15-13)14(17)11-6-4-3-5-7-11/h3-10H,1-2H3. The molecule has 1 heterocycles. The van der Waals surface area contributed by atoms with Crippen molar-refractivity contribution < 1.29 is 4.79 Å². The predicted octanol–water partition coefficient (Wildman–Crippen LogP) is 2.38. The molecule has 0 aliphatic carbocycles. The third-order valence-corrected chi connectivity index (χ3v) is 2.50. The van der Waals surface area contributed by atoms with Crippen LogP contribution in [0.1, 0.15) is 15.9 Å². The monoisotopic (exact) mass is 226 g/mol. The third-order valence-electron chi connectivity index (χ3n) is 2.50. The van der Waals surface area contributed by atoms with Crippen LogP contribution in [0.25, 0.3) is 0 Å². The van der Waals surface area contributed by atoms with E-state index in [1.165, 1.54) is 0 Å². The lowest BCUT2D eigenvalue weighted by Gasteiger charge is -2.10. The zero-order chi connectivity index (χ0) is 12.3. The number of hydrogen-bond donors (Lipinski definition) is 0. The Kier molecular flexibility index (Phi) is 3.19. The van der Waals surface area contributed by atoms with Crippen molar-refractivity contribution in [2.45, 2.75) is 0 Å². The molecule has 2 aromatic rings. The number of hydrogen-bond acceptors (Lipinski definition) is 3. The molecule has 0 bridgehead atoms. The summed E-state index contributed by atoms with van der Waals surface area (Å²) in [5, 5.41) is 0. The molecule has 17 heavy (non-hydrogen) atoms. The predicted molar refractivity (Wildman–Crippen MR) is 68.4 cm³/mol. The van der Waals surface area contributed by atoms with Gasteiger partial charge in [0, 0.05) is 31.4 Å². The van der Waals surface area contributed by atoms with Crippen molar-refractivity contribution in [3.05, 3.63) is 59.8 Å². The summed E-state index contributed by atoms with van der Waals surface area (Å²) >= 11 is 0. The van der Waals surface area contributed by atoms with E-state index in [1.807, 2.05) is 55.4 Å². The maximum absolute atomic E-state index is 12.1. The van der Waals surface area contributed by atoms with Gasteiger partial charge in [0.25, 0.3) is 0 Å². The molecule has 0 unspecified atom stereocenters. The van der Waals surface area contributed by atoms with E-state index in [4.69, 9.17) is 0 Å². The number of nitrogens with zero attached hydrogens (tertiary/aromatic N) is 2. The van der Waals surface area contributed by atoms with Gasteiger partial charge in [0.1, 0.15) is 5.82 Å². The first-order chi connectivity index (χ1) is 8.18. The average Bonchev–Trinajstić information content (AvgIpc) is 2.39. The van der Waals surface area contributed by atoms with Gasteiger partial charge in [0.05, 0.1) is 0 Å². The van der Waals surface area contributed by atoms with E-state index in [0.717, 1.165) is 5.82 Å². The highest BCUT2D eigenvalue weighted by Crippen LogP contribution is 2.12. The molecule has 0 fully saturated rings. The fourth-order valence-electron chi connectivity index (χ4n) is 1.54. The lowest BCUT2D eigenvalue weighted by molar-refractivity contribution is 0.103. The molecule has 2 rings (SSSR count). The number of carbonyl (C=O) groups excluding carboxylic acids is 1. The van der Waals surface area contributed by atoms with Gasteiger partial charge < -0.3 is 4.90 Å². The SMILES string of the molecule is CN(C)c1ccc(C(=O)c2ccccc2)cn1. The molecule has 3 nitrogen and oxygen atoms in total. The molecule has 0 radical (unpaired) electrons. The summed E-state index contributed by atoms with van der Waals surface area (Å²) in [5.74, 6) is 0.845. The summed E-state index contributed by atoms with van der Waals surface area (Å²) in [6.45, 7) is 0. The maximum atomic E-state index is 12.1. The van der Waals surface area contributed by atoms with Gasteiger partial charge in [-0.05, 0) is 12.1 Å². The highest BCUT2D eigenvalue weighted by atomic mass is 16.1. The summed E-state index contributed by atoms with van der Waals surface area (Å²) in [6.07, 6.45) is 1.62. The maximum Gasteiger partial charge on any atom is 0.194 e. The Labute approximate surface area is 101 Å². The molecule has 0 saturated carbocycles. The molecule has 0 spiro atoms. The fourth-order valence-corrected chi connectivity index (χ4v) is 1.54. The topological polar surface area (TPSA) is 33.2 Å². The van der Waals surface area contributed by atoms with Crippen LogP contribution in [0.3, 0.4) is 0 Å². The van der Waals surface area contributed by atoms with Gasteiger partial charge in [-0.2, -0.15) is 0 Å². The number of benzene rings is 1. The molecule has 0 amide bonds. The second-order valence-electron chi connectivity index (χ2n) is 3.99. The molecular weight excluding hydrogens is 212 g/mol. The normalized spacial score (nSPS) is 10.0. The highest BCUT2D eigenvalue weighted by Gasteiger charge is 2.08. The molecule has 1 aromatic heterocycles. The molecule has 0 N–H and O–H groups in total. The molecule has 0 atom stereocenters. The van der Waals surface area contributed by atoms with E-state index in [-0.39, 0.29) is 5.78 Å². The van der Waals surface area contributed by atoms with Gasteiger partial charge in [0.2, 0.25) is 0 Å². The van der Waals surface area contributed by atoms with Gasteiger partial charge in [-0.25, -0.2) is 4.98 Å². The fraction of sp³-hybridized carbons (Fsp3) is 0.143. The van der Waals surface area contributed by atoms with Crippen molar-refractivity contribution in [3.63, 3.8) is 0 Å². The van der Waals surface area contributed by atoms with Crippen molar-refractivity contribution in [3.8, 4) is 0 Å². The van der Waals surface area contributed by atoms with Crippen LogP contribution >= 0.6 is 0 Å². The number of rotatable bonds is 3. The van der Waals surface area contributed by atoms with Gasteiger partial charge >= 0.3 is 0 Å². The zero-order valence-corrected chi connectivity index (χ0v) is 9.92. The Hall–Kier alpha value is -2.16. The number of pyridine rings is 1. The van der Waals surface area contributed by atoms with Crippen LogP contribution in [0, 0.1) is 0 Å². The summed E-state index contributed by atoms with van der Waals surface area (Å²) in [6, 6.07) is 12.9. The van der Waals surface area contributed by atoms with Crippen LogP contribution in [0.4, 0.5) is 5.82 Å². The number of ketones is 1. The molecule has 86 valence electrons. The Bertz CT molecular complexity index is 504. The van der Waals surface area contributed by atoms with E-state index >= 15 is 0 Å². The van der Waals surface area contributed by atoms with E-state index in [1.54, 1.807) is 12.3 Å². The Morgan fingerprint density at radius 3 is 2.24 bits per heavy atom. The van der Waals surface area contributed by atoms with Crippen LogP contribution in [-0.4, -0.2) is 24.9 Å². The molecule has 0 saturated heterocycles. The van der Waals surface area contributed by atoms with E-state index < -0.39 is 0 Å². The number of carbonyl (C=O) groups is 1. The van der Waals surface area contributed by atoms with Crippen LogP contribution in [0.5, 0.6) is 0 Å². The summed E-state index contributed by atoms with van der Waals surface area (Å²) in [4.78, 5) is 18.2. The van der Waals surface area contributed by atoms with Crippen LogP contribution < -0.4 is 4.90 Å². The van der Waals surface area contributed by atoms with Crippen molar-refractivity contribution in [2.75, 3.05) is 19.0 Å². The number of aromatic nitrogens is 1. The van der Waals surface area contributed by atoms with E-state index in [9.17, 15) is 4.79 Å². The van der Waals surface area contributed by atoms with Crippen molar-refractivity contribution in [2.24, 2.45) is 0 Å². The summed E-state index contributed by atoms with van der Waals surface area (Å²) in [7, 11) is 3.84. The Morgan fingerprint density at radius 2 is 1.71 bits per heavy atom. The molecule has 1 aromatic carbocycles. The van der Waals surface area contributed by atoms with Crippen molar-refractivity contribution in [1.82, 2.24) is 4.98 Å². The molecule has 3 heteroatoms. The minimum absolute atomic E-state index is 0.00315. The average molecular weight is 226 g/mol.